The summed E-state index contributed by atoms with van der Waals surface area (Å²) in [6, 6.07) is 11.7. The first-order chi connectivity index (χ1) is 11.8. The number of aliphatic hydroxyl groups excluding tert-OH is 1. The van der Waals surface area contributed by atoms with Crippen LogP contribution in [0, 0.1) is 0 Å². The molecule has 7 heteroatoms. The fraction of sp³-hybridized carbons (Fsp3) is 0.176. The third-order valence-electron chi connectivity index (χ3n) is 3.76. The number of benzene rings is 1. The number of aromatic nitrogens is 6. The van der Waals surface area contributed by atoms with E-state index in [-0.39, 0.29) is 6.61 Å². The van der Waals surface area contributed by atoms with Crippen molar-refractivity contribution >= 4 is 10.9 Å². The summed E-state index contributed by atoms with van der Waals surface area (Å²) in [5.41, 5.74) is 1.84. The van der Waals surface area contributed by atoms with Gasteiger partial charge in [-0.15, -0.1) is 0 Å². The molecule has 0 aliphatic rings. The first-order valence-electron chi connectivity index (χ1n) is 7.70. The van der Waals surface area contributed by atoms with Gasteiger partial charge in [0, 0.05) is 29.5 Å². The predicted molar refractivity (Wildman–Crippen MR) is 89.2 cm³/mol. The SMILES string of the molecule is OCCn1nc(-c2ccncc2)nc1Cn1cc2ccccc2n1. The number of nitrogens with zero attached hydrogens (tertiary/aromatic N) is 6. The Morgan fingerprint density at radius 3 is 2.62 bits per heavy atom. The molecule has 0 radical (unpaired) electrons. The summed E-state index contributed by atoms with van der Waals surface area (Å²) in [6.07, 6.45) is 5.41. The Kier molecular flexibility index (Phi) is 3.76. The average molecular weight is 320 g/mol. The molecule has 24 heavy (non-hydrogen) atoms. The summed E-state index contributed by atoms with van der Waals surface area (Å²) < 4.78 is 3.57. The average Bonchev–Trinajstić information content (AvgIpc) is 3.20. The van der Waals surface area contributed by atoms with E-state index >= 15 is 0 Å². The van der Waals surface area contributed by atoms with E-state index < -0.39 is 0 Å². The number of hydrogen-bond acceptors (Lipinski definition) is 5. The minimum Gasteiger partial charge on any atom is -0.394 e. The molecule has 0 amide bonds. The second-order valence-corrected chi connectivity index (χ2v) is 5.42. The van der Waals surface area contributed by atoms with E-state index in [0.29, 0.717) is 18.9 Å². The molecule has 0 saturated heterocycles. The molecule has 0 atom stereocenters. The van der Waals surface area contributed by atoms with Gasteiger partial charge in [0.2, 0.25) is 0 Å². The highest BCUT2D eigenvalue weighted by molar-refractivity contribution is 5.77. The molecule has 0 unspecified atom stereocenters. The first-order valence-corrected chi connectivity index (χ1v) is 7.70. The Morgan fingerprint density at radius 2 is 1.83 bits per heavy atom. The molecule has 120 valence electrons. The van der Waals surface area contributed by atoms with Crippen molar-refractivity contribution in [3.63, 3.8) is 0 Å². The summed E-state index contributed by atoms with van der Waals surface area (Å²) in [6.45, 7) is 0.897. The van der Waals surface area contributed by atoms with Crippen molar-refractivity contribution in [2.75, 3.05) is 6.61 Å². The molecule has 4 rings (SSSR count). The molecule has 3 aromatic heterocycles. The zero-order chi connectivity index (χ0) is 16.4. The van der Waals surface area contributed by atoms with Gasteiger partial charge in [-0.05, 0) is 18.2 Å². The van der Waals surface area contributed by atoms with Gasteiger partial charge in [-0.2, -0.15) is 10.2 Å². The van der Waals surface area contributed by atoms with Crippen molar-refractivity contribution in [3.8, 4) is 11.4 Å². The van der Waals surface area contributed by atoms with Crippen LogP contribution < -0.4 is 0 Å². The molecular weight excluding hydrogens is 304 g/mol. The van der Waals surface area contributed by atoms with Crippen molar-refractivity contribution in [2.24, 2.45) is 0 Å². The van der Waals surface area contributed by atoms with Crippen molar-refractivity contribution < 1.29 is 5.11 Å². The van der Waals surface area contributed by atoms with Gasteiger partial charge in [0.15, 0.2) is 5.82 Å². The number of rotatable bonds is 5. The Hall–Kier alpha value is -3.06. The van der Waals surface area contributed by atoms with Crippen LogP contribution in [0.3, 0.4) is 0 Å². The van der Waals surface area contributed by atoms with Crippen LogP contribution in [0.15, 0.2) is 55.0 Å². The van der Waals surface area contributed by atoms with Gasteiger partial charge < -0.3 is 5.11 Å². The molecule has 0 saturated carbocycles. The van der Waals surface area contributed by atoms with Gasteiger partial charge >= 0.3 is 0 Å². The van der Waals surface area contributed by atoms with Crippen LogP contribution in [0.25, 0.3) is 22.3 Å². The van der Waals surface area contributed by atoms with Crippen LogP contribution in [-0.4, -0.2) is 41.2 Å². The normalized spacial score (nSPS) is 11.2. The summed E-state index contributed by atoms with van der Waals surface area (Å²) in [4.78, 5) is 8.63. The van der Waals surface area contributed by atoms with Gasteiger partial charge in [-0.25, -0.2) is 9.67 Å². The minimum absolute atomic E-state index is 0.00717. The van der Waals surface area contributed by atoms with E-state index in [1.54, 1.807) is 17.1 Å². The van der Waals surface area contributed by atoms with Gasteiger partial charge in [0.05, 0.1) is 18.7 Å². The summed E-state index contributed by atoms with van der Waals surface area (Å²) >= 11 is 0. The predicted octanol–water partition coefficient (Wildman–Crippen LogP) is 1.73. The first kappa shape index (κ1) is 14.5. The molecule has 0 spiro atoms. The second-order valence-electron chi connectivity index (χ2n) is 5.42. The second kappa shape index (κ2) is 6.21. The molecule has 0 fully saturated rings. The van der Waals surface area contributed by atoms with Crippen LogP contribution in [-0.2, 0) is 13.1 Å². The molecule has 0 bridgehead atoms. The Labute approximate surface area is 138 Å². The van der Waals surface area contributed by atoms with E-state index in [1.807, 2.05) is 47.3 Å². The van der Waals surface area contributed by atoms with Crippen LogP contribution in [0.5, 0.6) is 0 Å². The van der Waals surface area contributed by atoms with Crippen LogP contribution >= 0.6 is 0 Å². The van der Waals surface area contributed by atoms with Gasteiger partial charge in [0.25, 0.3) is 0 Å². The zero-order valence-electron chi connectivity index (χ0n) is 12.9. The smallest absolute Gasteiger partial charge is 0.181 e. The van der Waals surface area contributed by atoms with E-state index in [9.17, 15) is 5.11 Å². The van der Waals surface area contributed by atoms with E-state index in [4.69, 9.17) is 0 Å². The summed E-state index contributed by atoms with van der Waals surface area (Å²) in [5, 5.41) is 19.4. The number of pyridine rings is 1. The highest BCUT2D eigenvalue weighted by Crippen LogP contribution is 2.16. The van der Waals surface area contributed by atoms with Crippen molar-refractivity contribution in [1.29, 1.82) is 0 Å². The maximum absolute atomic E-state index is 9.28. The molecule has 1 N–H and O–H groups in total. The maximum atomic E-state index is 9.28. The number of hydrogen-bond donors (Lipinski definition) is 1. The topological polar surface area (TPSA) is 81.6 Å². The fourth-order valence-corrected chi connectivity index (χ4v) is 2.63. The van der Waals surface area contributed by atoms with Gasteiger partial charge in [-0.1, -0.05) is 18.2 Å². The largest absolute Gasteiger partial charge is 0.394 e. The lowest BCUT2D eigenvalue weighted by molar-refractivity contribution is 0.266. The molecule has 4 aromatic rings. The van der Waals surface area contributed by atoms with E-state index in [0.717, 1.165) is 22.3 Å². The summed E-state index contributed by atoms with van der Waals surface area (Å²) in [7, 11) is 0. The highest BCUT2D eigenvalue weighted by atomic mass is 16.3. The van der Waals surface area contributed by atoms with Crippen molar-refractivity contribution in [2.45, 2.75) is 13.1 Å². The minimum atomic E-state index is 0.00717. The quantitative estimate of drug-likeness (QED) is 0.605. The highest BCUT2D eigenvalue weighted by Gasteiger charge is 2.12. The van der Waals surface area contributed by atoms with Crippen LogP contribution in [0.2, 0.25) is 0 Å². The lowest BCUT2D eigenvalue weighted by atomic mass is 10.2. The van der Waals surface area contributed by atoms with Crippen LogP contribution in [0.4, 0.5) is 0 Å². The molecule has 7 nitrogen and oxygen atoms in total. The maximum Gasteiger partial charge on any atom is 0.181 e. The zero-order valence-corrected chi connectivity index (χ0v) is 12.9. The standard InChI is InChI=1S/C17H16N6O/c24-10-9-23-16(19-17(21-23)13-5-7-18-8-6-13)12-22-11-14-3-1-2-4-15(14)20-22/h1-8,11,24H,9-10,12H2. The number of fused-ring (bicyclic) bond motifs is 1. The third kappa shape index (κ3) is 2.77. The Bertz CT molecular complexity index is 927. The molecule has 0 aliphatic heterocycles. The van der Waals surface area contributed by atoms with Crippen LogP contribution in [0.1, 0.15) is 5.82 Å². The monoisotopic (exact) mass is 320 g/mol. The molecule has 0 aliphatic carbocycles. The summed E-state index contributed by atoms with van der Waals surface area (Å²) in [5.74, 6) is 1.38. The van der Waals surface area contributed by atoms with Crippen molar-refractivity contribution in [1.82, 2.24) is 29.5 Å². The Morgan fingerprint density at radius 1 is 1.00 bits per heavy atom. The van der Waals surface area contributed by atoms with Crippen molar-refractivity contribution in [3.05, 3.63) is 60.8 Å². The lowest BCUT2D eigenvalue weighted by Crippen LogP contribution is -2.12. The van der Waals surface area contributed by atoms with E-state index in [1.165, 1.54) is 0 Å². The van der Waals surface area contributed by atoms with Gasteiger partial charge in [0.1, 0.15) is 12.4 Å². The third-order valence-corrected chi connectivity index (χ3v) is 3.76. The van der Waals surface area contributed by atoms with E-state index in [2.05, 4.69) is 20.2 Å². The van der Waals surface area contributed by atoms with Gasteiger partial charge in [-0.3, -0.25) is 9.67 Å². The molecular formula is C17H16N6O. The fourth-order valence-electron chi connectivity index (χ4n) is 2.63. The lowest BCUT2D eigenvalue weighted by Gasteiger charge is -2.03. The number of aliphatic hydroxyl groups is 1. The molecule has 1 aromatic carbocycles. The Balaban J connectivity index is 1.69. The molecule has 3 heterocycles.